The molecule has 1 aromatic rings. The SMILES string of the molecule is NC1=NC(N)(c2cccc3c2OCCCC3)NC=C1. The molecule has 0 aliphatic carbocycles. The molecule has 100 valence electrons. The van der Waals surface area contributed by atoms with Crippen LogP contribution in [0.4, 0.5) is 0 Å². The van der Waals surface area contributed by atoms with Crippen molar-refractivity contribution in [3.63, 3.8) is 0 Å². The van der Waals surface area contributed by atoms with Gasteiger partial charge in [0.05, 0.1) is 12.2 Å². The minimum absolute atomic E-state index is 0.410. The highest BCUT2D eigenvalue weighted by molar-refractivity contribution is 5.92. The van der Waals surface area contributed by atoms with Gasteiger partial charge >= 0.3 is 0 Å². The van der Waals surface area contributed by atoms with Crippen LogP contribution in [-0.2, 0) is 12.2 Å². The molecule has 3 rings (SSSR count). The first-order chi connectivity index (χ1) is 9.19. The van der Waals surface area contributed by atoms with Gasteiger partial charge in [-0.15, -0.1) is 0 Å². The zero-order valence-corrected chi connectivity index (χ0v) is 10.7. The van der Waals surface area contributed by atoms with E-state index in [0.717, 1.165) is 37.2 Å². The second kappa shape index (κ2) is 4.59. The van der Waals surface area contributed by atoms with Crippen LogP contribution in [0.25, 0.3) is 0 Å². The molecule has 5 nitrogen and oxygen atoms in total. The second-order valence-corrected chi connectivity index (χ2v) is 4.88. The number of nitrogens with two attached hydrogens (primary N) is 2. The van der Waals surface area contributed by atoms with Gasteiger partial charge in [0.2, 0.25) is 5.79 Å². The zero-order valence-electron chi connectivity index (χ0n) is 10.7. The number of aryl methyl sites for hydroxylation is 1. The van der Waals surface area contributed by atoms with Crippen molar-refractivity contribution in [1.82, 2.24) is 5.32 Å². The van der Waals surface area contributed by atoms with Crippen LogP contribution in [0.3, 0.4) is 0 Å². The lowest BCUT2D eigenvalue weighted by molar-refractivity contribution is 0.298. The summed E-state index contributed by atoms with van der Waals surface area (Å²) in [4.78, 5) is 4.32. The average molecular weight is 258 g/mol. The van der Waals surface area contributed by atoms with E-state index in [1.54, 1.807) is 12.3 Å². The predicted octanol–water partition coefficient (Wildman–Crippen LogP) is 0.945. The summed E-state index contributed by atoms with van der Waals surface area (Å²) >= 11 is 0. The molecule has 0 saturated carbocycles. The zero-order chi connectivity index (χ0) is 13.3. The third-order valence-corrected chi connectivity index (χ3v) is 3.46. The molecule has 5 N–H and O–H groups in total. The van der Waals surface area contributed by atoms with Gasteiger partial charge in [-0.3, -0.25) is 5.73 Å². The van der Waals surface area contributed by atoms with Crippen molar-refractivity contribution in [2.45, 2.75) is 25.0 Å². The van der Waals surface area contributed by atoms with E-state index in [4.69, 9.17) is 16.2 Å². The monoisotopic (exact) mass is 258 g/mol. The number of nitrogens with zero attached hydrogens (tertiary/aromatic N) is 1. The van der Waals surface area contributed by atoms with Gasteiger partial charge in [-0.1, -0.05) is 12.1 Å². The molecule has 1 aromatic carbocycles. The van der Waals surface area contributed by atoms with Crippen LogP contribution in [0.15, 0.2) is 35.5 Å². The summed E-state index contributed by atoms with van der Waals surface area (Å²) in [7, 11) is 0. The number of hydrogen-bond donors (Lipinski definition) is 3. The molecule has 0 fully saturated rings. The molecule has 19 heavy (non-hydrogen) atoms. The number of benzene rings is 1. The second-order valence-electron chi connectivity index (χ2n) is 4.88. The Bertz CT molecular complexity index is 552. The minimum Gasteiger partial charge on any atom is -0.493 e. The maximum atomic E-state index is 6.34. The first-order valence-electron chi connectivity index (χ1n) is 6.53. The minimum atomic E-state index is -1.05. The standard InChI is InChI=1S/C14H18N4O/c15-12-7-8-17-14(16,18-12)11-6-3-5-10-4-1-2-9-19-13(10)11/h3,5-8,17H,1-2,4,9,16H2,(H2,15,18). The van der Waals surface area contributed by atoms with E-state index < -0.39 is 5.79 Å². The quantitative estimate of drug-likeness (QED) is 0.700. The molecular weight excluding hydrogens is 240 g/mol. The summed E-state index contributed by atoms with van der Waals surface area (Å²) in [5.74, 6) is 0.212. The third kappa shape index (κ3) is 2.17. The number of ether oxygens (including phenoxy) is 1. The van der Waals surface area contributed by atoms with E-state index in [2.05, 4.69) is 16.4 Å². The van der Waals surface area contributed by atoms with Gasteiger partial charge in [0, 0.05) is 6.20 Å². The lowest BCUT2D eigenvalue weighted by atomic mass is 10.00. The van der Waals surface area contributed by atoms with Gasteiger partial charge in [0.15, 0.2) is 0 Å². The van der Waals surface area contributed by atoms with Crippen molar-refractivity contribution >= 4 is 5.84 Å². The Balaban J connectivity index is 2.08. The molecule has 1 atom stereocenters. The van der Waals surface area contributed by atoms with Gasteiger partial charge in [-0.2, -0.15) is 0 Å². The highest BCUT2D eigenvalue weighted by Gasteiger charge is 2.32. The normalized spacial score (nSPS) is 25.6. The Hall–Kier alpha value is -2.01. The smallest absolute Gasteiger partial charge is 0.214 e. The molecule has 2 aliphatic rings. The van der Waals surface area contributed by atoms with Crippen molar-refractivity contribution in [3.8, 4) is 5.75 Å². The molecule has 5 heteroatoms. The molecule has 0 radical (unpaired) electrons. The van der Waals surface area contributed by atoms with E-state index in [1.165, 1.54) is 5.56 Å². The summed E-state index contributed by atoms with van der Waals surface area (Å²) in [6.45, 7) is 0.717. The van der Waals surface area contributed by atoms with E-state index in [9.17, 15) is 0 Å². The molecular formula is C14H18N4O. The van der Waals surface area contributed by atoms with Crippen molar-refractivity contribution in [1.29, 1.82) is 0 Å². The van der Waals surface area contributed by atoms with Crippen LogP contribution in [0.2, 0.25) is 0 Å². The van der Waals surface area contributed by atoms with Crippen molar-refractivity contribution in [3.05, 3.63) is 41.6 Å². The molecule has 0 spiro atoms. The van der Waals surface area contributed by atoms with Crippen LogP contribution < -0.4 is 21.5 Å². The Morgan fingerprint density at radius 3 is 3.05 bits per heavy atom. The number of aliphatic imine (C=N–C) groups is 1. The number of rotatable bonds is 1. The Labute approximate surface area is 112 Å². The maximum Gasteiger partial charge on any atom is 0.214 e. The van der Waals surface area contributed by atoms with Crippen molar-refractivity contribution < 1.29 is 4.74 Å². The molecule has 0 aromatic heterocycles. The molecule has 0 bridgehead atoms. The molecule has 2 aliphatic heterocycles. The molecule has 0 amide bonds. The van der Waals surface area contributed by atoms with Crippen LogP contribution in [-0.4, -0.2) is 12.4 Å². The van der Waals surface area contributed by atoms with Crippen molar-refractivity contribution in [2.24, 2.45) is 16.5 Å². The molecule has 0 saturated heterocycles. The number of hydrogen-bond acceptors (Lipinski definition) is 5. The van der Waals surface area contributed by atoms with Crippen LogP contribution in [0.5, 0.6) is 5.75 Å². The highest BCUT2D eigenvalue weighted by atomic mass is 16.5. The third-order valence-electron chi connectivity index (χ3n) is 3.46. The topological polar surface area (TPSA) is 85.7 Å². The van der Waals surface area contributed by atoms with Crippen LogP contribution >= 0.6 is 0 Å². The summed E-state index contributed by atoms with van der Waals surface area (Å²) in [6, 6.07) is 6.01. The lowest BCUT2D eigenvalue weighted by Gasteiger charge is -2.30. The largest absolute Gasteiger partial charge is 0.493 e. The van der Waals surface area contributed by atoms with Gasteiger partial charge in [-0.05, 0) is 37.0 Å². The highest BCUT2D eigenvalue weighted by Crippen LogP contribution is 2.34. The summed E-state index contributed by atoms with van der Waals surface area (Å²) in [5.41, 5.74) is 14.1. The maximum absolute atomic E-state index is 6.34. The first-order valence-corrected chi connectivity index (χ1v) is 6.53. The van der Waals surface area contributed by atoms with Crippen LogP contribution in [0.1, 0.15) is 24.0 Å². The summed E-state index contributed by atoms with van der Waals surface area (Å²) in [5, 5.41) is 3.06. The van der Waals surface area contributed by atoms with E-state index in [-0.39, 0.29) is 0 Å². The van der Waals surface area contributed by atoms with Gasteiger partial charge in [-0.25, -0.2) is 4.99 Å². The Kier molecular flexibility index (Phi) is 2.91. The fraction of sp³-hybridized carbons (Fsp3) is 0.357. The van der Waals surface area contributed by atoms with E-state index in [1.807, 2.05) is 12.1 Å². The Morgan fingerprint density at radius 2 is 2.21 bits per heavy atom. The van der Waals surface area contributed by atoms with Gasteiger partial charge in [0.1, 0.15) is 11.6 Å². The van der Waals surface area contributed by atoms with Gasteiger partial charge in [0.25, 0.3) is 0 Å². The summed E-state index contributed by atoms with van der Waals surface area (Å²) < 4.78 is 5.88. The van der Waals surface area contributed by atoms with E-state index >= 15 is 0 Å². The fourth-order valence-corrected chi connectivity index (χ4v) is 2.51. The van der Waals surface area contributed by atoms with Crippen LogP contribution in [0, 0.1) is 0 Å². The number of amidine groups is 1. The number of nitrogens with one attached hydrogen (secondary N) is 1. The molecule has 2 heterocycles. The lowest BCUT2D eigenvalue weighted by Crippen LogP contribution is -2.49. The predicted molar refractivity (Wildman–Crippen MR) is 74.6 cm³/mol. The fourth-order valence-electron chi connectivity index (χ4n) is 2.51. The average Bonchev–Trinajstić information content (AvgIpc) is 2.63. The Morgan fingerprint density at radius 1 is 1.32 bits per heavy atom. The first kappa shape index (κ1) is 12.0. The van der Waals surface area contributed by atoms with Gasteiger partial charge < -0.3 is 15.8 Å². The van der Waals surface area contributed by atoms with Crippen molar-refractivity contribution in [2.75, 3.05) is 6.61 Å². The number of fused-ring (bicyclic) bond motifs is 1. The van der Waals surface area contributed by atoms with E-state index in [0.29, 0.717) is 5.84 Å². The summed E-state index contributed by atoms with van der Waals surface area (Å²) in [6.07, 6.45) is 6.61. The molecule has 1 unspecified atom stereocenters. The number of para-hydroxylation sites is 1.